The maximum atomic E-state index is 13.5. The topological polar surface area (TPSA) is 160 Å². The van der Waals surface area contributed by atoms with Crippen LogP contribution >= 0.6 is 0 Å². The second-order valence-electron chi connectivity index (χ2n) is 12.1. The summed E-state index contributed by atoms with van der Waals surface area (Å²) >= 11 is 0. The molecule has 12 heteroatoms. The first-order chi connectivity index (χ1) is 21.4. The molecule has 3 aliphatic rings. The van der Waals surface area contributed by atoms with Gasteiger partial charge in [0.1, 0.15) is 5.82 Å². The van der Waals surface area contributed by atoms with Crippen molar-refractivity contribution in [3.63, 3.8) is 0 Å². The number of aromatic amines is 1. The van der Waals surface area contributed by atoms with Gasteiger partial charge in [0.2, 0.25) is 17.7 Å². The third-order valence-corrected chi connectivity index (χ3v) is 9.21. The van der Waals surface area contributed by atoms with E-state index in [9.17, 15) is 9.59 Å². The van der Waals surface area contributed by atoms with E-state index >= 15 is 0 Å². The number of hydrogen-bond acceptors (Lipinski definition) is 8. The van der Waals surface area contributed by atoms with Crippen molar-refractivity contribution in [3.8, 4) is 22.4 Å². The van der Waals surface area contributed by atoms with Crippen LogP contribution in [0.4, 0.5) is 11.8 Å². The summed E-state index contributed by atoms with van der Waals surface area (Å²) in [5.74, 6) is 0.987. The zero-order chi connectivity index (χ0) is 29.9. The number of benzene rings is 1. The number of nitrogens with zero attached hydrogens (tertiary/aromatic N) is 7. The molecule has 0 spiro atoms. The summed E-state index contributed by atoms with van der Waals surface area (Å²) in [6.45, 7) is 1.38. The molecule has 0 radical (unpaired) electrons. The lowest BCUT2D eigenvalue weighted by atomic mass is 9.85. The highest BCUT2D eigenvalue weighted by molar-refractivity contribution is 5.92. The van der Waals surface area contributed by atoms with E-state index in [0.717, 1.165) is 77.8 Å². The standard InChI is InChI=1S/C32H32N10O2/c1-17(43)36-32-38-29(39-40-32)31(44)41-22-10-11-23(41)14-21(13-22)27-26(19-7-8-19)28(33)42-30(37-27)24(16-35-42)20-9-12-25(34-15-20)18-5-3-2-4-6-18/h2-6,9,12,15-16,19,21-23H,7-8,10-11,13-14,33H2,1H3,(H2,36,38,39,40,43)/t22-,23-/m1/s1. The molecule has 0 unspecified atom stereocenters. The normalized spacial score (nSPS) is 21.1. The van der Waals surface area contributed by atoms with Gasteiger partial charge in [-0.15, -0.1) is 5.10 Å². The van der Waals surface area contributed by atoms with Crippen LogP contribution in [0.2, 0.25) is 0 Å². The Labute approximate surface area is 253 Å². The first kappa shape index (κ1) is 26.5. The third kappa shape index (κ3) is 4.48. The van der Waals surface area contributed by atoms with Crippen LogP contribution in [-0.2, 0) is 4.79 Å². The number of rotatable bonds is 6. The van der Waals surface area contributed by atoms with Crippen LogP contribution in [0.25, 0.3) is 28.0 Å². The predicted molar refractivity (Wildman–Crippen MR) is 164 cm³/mol. The number of nitrogen functional groups attached to an aromatic ring is 1. The summed E-state index contributed by atoms with van der Waals surface area (Å²) in [6.07, 6.45) is 9.33. The molecule has 1 aromatic carbocycles. The lowest BCUT2D eigenvalue weighted by molar-refractivity contribution is -0.114. The van der Waals surface area contributed by atoms with E-state index in [1.807, 2.05) is 53.7 Å². The average Bonchev–Trinajstić information content (AvgIpc) is 3.50. The summed E-state index contributed by atoms with van der Waals surface area (Å²) in [6, 6.07) is 14.3. The van der Waals surface area contributed by atoms with Crippen molar-refractivity contribution < 1.29 is 9.59 Å². The predicted octanol–water partition coefficient (Wildman–Crippen LogP) is 4.55. The molecule has 222 valence electrons. The molecule has 3 fully saturated rings. The van der Waals surface area contributed by atoms with Gasteiger partial charge in [-0.3, -0.25) is 25.0 Å². The van der Waals surface area contributed by atoms with Gasteiger partial charge in [-0.25, -0.2) is 4.98 Å². The van der Waals surface area contributed by atoms with E-state index in [1.165, 1.54) is 6.92 Å². The highest BCUT2D eigenvalue weighted by Gasteiger charge is 2.46. The molecule has 2 amide bonds. The number of pyridine rings is 1. The molecule has 8 rings (SSSR count). The van der Waals surface area contributed by atoms with Crippen LogP contribution in [0.5, 0.6) is 0 Å². The van der Waals surface area contributed by atoms with Crippen molar-refractivity contribution in [2.24, 2.45) is 0 Å². The van der Waals surface area contributed by atoms with Gasteiger partial charge in [0.05, 0.1) is 17.6 Å². The van der Waals surface area contributed by atoms with Crippen LogP contribution in [0.3, 0.4) is 0 Å². The number of aromatic nitrogens is 7. The van der Waals surface area contributed by atoms with Crippen LogP contribution in [0.1, 0.15) is 79.2 Å². The highest BCUT2D eigenvalue weighted by atomic mass is 16.2. The molecule has 2 aliphatic heterocycles. The quantitative estimate of drug-likeness (QED) is 0.261. The number of nitrogens with one attached hydrogen (secondary N) is 2. The number of anilines is 2. The van der Waals surface area contributed by atoms with E-state index in [-0.39, 0.29) is 41.6 Å². The second-order valence-corrected chi connectivity index (χ2v) is 12.1. The lowest BCUT2D eigenvalue weighted by Crippen LogP contribution is -2.46. The molecule has 2 atom stereocenters. The summed E-state index contributed by atoms with van der Waals surface area (Å²) < 4.78 is 1.78. The molecular weight excluding hydrogens is 556 g/mol. The molecule has 5 aromatic rings. The Hall–Kier alpha value is -5.13. The summed E-state index contributed by atoms with van der Waals surface area (Å²) in [5, 5.41) is 13.9. The highest BCUT2D eigenvalue weighted by Crippen LogP contribution is 2.50. The molecule has 1 aliphatic carbocycles. The van der Waals surface area contributed by atoms with Crippen molar-refractivity contribution in [1.29, 1.82) is 0 Å². The Morgan fingerprint density at radius 1 is 0.932 bits per heavy atom. The largest absolute Gasteiger partial charge is 0.383 e. The smallest absolute Gasteiger partial charge is 0.291 e. The zero-order valence-electron chi connectivity index (χ0n) is 24.3. The first-order valence-corrected chi connectivity index (χ1v) is 15.2. The molecule has 2 bridgehead atoms. The number of carbonyl (C=O) groups excluding carboxylic acids is 2. The van der Waals surface area contributed by atoms with Gasteiger partial charge in [-0.1, -0.05) is 36.4 Å². The number of H-pyrrole nitrogens is 1. The Kier molecular flexibility index (Phi) is 6.17. The van der Waals surface area contributed by atoms with E-state index in [4.69, 9.17) is 15.7 Å². The van der Waals surface area contributed by atoms with Gasteiger partial charge in [0.25, 0.3) is 5.91 Å². The molecule has 12 nitrogen and oxygen atoms in total. The molecule has 6 heterocycles. The van der Waals surface area contributed by atoms with Crippen molar-refractivity contribution in [1.82, 2.24) is 39.7 Å². The number of nitrogens with two attached hydrogens (primary N) is 1. The molecule has 4 aromatic heterocycles. The van der Waals surface area contributed by atoms with Crippen LogP contribution < -0.4 is 11.1 Å². The fraction of sp³-hybridized carbons (Fsp3) is 0.344. The number of carbonyl (C=O) groups is 2. The molecular formula is C32H32N10O2. The van der Waals surface area contributed by atoms with E-state index < -0.39 is 0 Å². The SMILES string of the molecule is CC(=O)Nc1n[nH]c(C(=O)N2[C@@H]3CC[C@@H]2CC(c2nc4c(-c5ccc(-c6ccccc6)nc5)cnn4c(N)c2C2CC2)C3)n1. The monoisotopic (exact) mass is 588 g/mol. The molecule has 44 heavy (non-hydrogen) atoms. The van der Waals surface area contributed by atoms with E-state index in [1.54, 1.807) is 4.52 Å². The average molecular weight is 589 g/mol. The fourth-order valence-electron chi connectivity index (χ4n) is 7.11. The maximum Gasteiger partial charge on any atom is 0.291 e. The minimum Gasteiger partial charge on any atom is -0.383 e. The van der Waals surface area contributed by atoms with E-state index in [0.29, 0.717) is 11.7 Å². The van der Waals surface area contributed by atoms with Crippen molar-refractivity contribution >= 4 is 29.2 Å². The summed E-state index contributed by atoms with van der Waals surface area (Å²) in [7, 11) is 0. The Bertz CT molecular complexity index is 1880. The third-order valence-electron chi connectivity index (χ3n) is 9.21. The van der Waals surface area contributed by atoms with Crippen molar-refractivity contribution in [2.45, 2.75) is 69.4 Å². The van der Waals surface area contributed by atoms with Gasteiger partial charge in [-0.05, 0) is 50.5 Å². The fourth-order valence-corrected chi connectivity index (χ4v) is 7.11. The number of amides is 2. The molecule has 4 N–H and O–H groups in total. The Morgan fingerprint density at radius 2 is 1.70 bits per heavy atom. The minimum absolute atomic E-state index is 0.0611. The zero-order valence-corrected chi connectivity index (χ0v) is 24.3. The van der Waals surface area contributed by atoms with E-state index in [2.05, 4.69) is 31.7 Å². The van der Waals surface area contributed by atoms with Crippen molar-refractivity contribution in [2.75, 3.05) is 11.1 Å². The second kappa shape index (κ2) is 10.2. The van der Waals surface area contributed by atoms with Gasteiger partial charge in [-0.2, -0.15) is 14.6 Å². The first-order valence-electron chi connectivity index (χ1n) is 15.2. The lowest BCUT2D eigenvalue weighted by Gasteiger charge is -2.39. The van der Waals surface area contributed by atoms with Crippen LogP contribution in [-0.4, -0.2) is 63.6 Å². The number of hydrogen-bond donors (Lipinski definition) is 3. The maximum absolute atomic E-state index is 13.5. The van der Waals surface area contributed by atoms with Gasteiger partial charge in [0.15, 0.2) is 5.65 Å². The van der Waals surface area contributed by atoms with Gasteiger partial charge >= 0.3 is 0 Å². The molecule has 2 saturated heterocycles. The van der Waals surface area contributed by atoms with Gasteiger partial charge in [0, 0.05) is 53.4 Å². The minimum atomic E-state index is -0.291. The number of fused-ring (bicyclic) bond motifs is 3. The van der Waals surface area contributed by atoms with Crippen LogP contribution in [0.15, 0.2) is 54.9 Å². The van der Waals surface area contributed by atoms with Gasteiger partial charge < -0.3 is 10.6 Å². The van der Waals surface area contributed by atoms with Crippen LogP contribution in [0, 0.1) is 0 Å². The Morgan fingerprint density at radius 3 is 2.39 bits per heavy atom. The van der Waals surface area contributed by atoms with Crippen molar-refractivity contribution in [3.05, 3.63) is 71.9 Å². The molecule has 1 saturated carbocycles. The summed E-state index contributed by atoms with van der Waals surface area (Å²) in [5.41, 5.74) is 13.5. The Balaban J connectivity index is 1.11. The summed E-state index contributed by atoms with van der Waals surface area (Å²) in [4.78, 5) is 41.1. The number of piperidine rings is 1.